The fraction of sp³-hybridized carbons (Fsp3) is 0.278. The maximum absolute atomic E-state index is 13.3. The molecule has 0 unspecified atom stereocenters. The lowest BCUT2D eigenvalue weighted by Gasteiger charge is -2.17. The van der Waals surface area contributed by atoms with Crippen molar-refractivity contribution in [1.29, 1.82) is 0 Å². The number of thiocarbonyl (C=S) groups is 1. The molecule has 2 aromatic rings. The Morgan fingerprint density at radius 3 is 2.56 bits per heavy atom. The molecule has 0 aliphatic rings. The van der Waals surface area contributed by atoms with E-state index in [1.165, 1.54) is 13.2 Å². The number of nitrogens with one attached hydrogen (secondary N) is 1. The van der Waals surface area contributed by atoms with Crippen molar-refractivity contribution < 1.29 is 18.3 Å². The van der Waals surface area contributed by atoms with Gasteiger partial charge < -0.3 is 14.8 Å². The van der Waals surface area contributed by atoms with Crippen molar-refractivity contribution in [3.05, 3.63) is 57.1 Å². The molecule has 3 nitrogen and oxygen atoms in total. The fourth-order valence-corrected chi connectivity index (χ4v) is 2.83. The number of ether oxygens (including phenoxy) is 2. The molecule has 0 heterocycles. The van der Waals surface area contributed by atoms with Crippen LogP contribution in [0.5, 0.6) is 5.75 Å². The van der Waals surface area contributed by atoms with E-state index in [0.29, 0.717) is 5.69 Å². The number of alkyl halides is 2. The highest BCUT2D eigenvalue weighted by atomic mass is 79.9. The molecule has 7 heteroatoms. The third-order valence-electron chi connectivity index (χ3n) is 3.77. The summed E-state index contributed by atoms with van der Waals surface area (Å²) in [6.07, 6.45) is -2.60. The van der Waals surface area contributed by atoms with Crippen molar-refractivity contribution in [2.75, 3.05) is 12.4 Å². The van der Waals surface area contributed by atoms with E-state index in [0.717, 1.165) is 21.2 Å². The summed E-state index contributed by atoms with van der Waals surface area (Å²) in [4.78, 5) is 0. The van der Waals surface area contributed by atoms with E-state index in [1.54, 1.807) is 13.0 Å². The largest absolute Gasteiger partial charge is 0.488 e. The average Bonchev–Trinajstić information content (AvgIpc) is 2.56. The Morgan fingerprint density at radius 2 is 1.92 bits per heavy atom. The molecule has 2 aromatic carbocycles. The van der Waals surface area contributed by atoms with E-state index in [-0.39, 0.29) is 23.1 Å². The van der Waals surface area contributed by atoms with Crippen molar-refractivity contribution in [1.82, 2.24) is 0 Å². The summed E-state index contributed by atoms with van der Waals surface area (Å²) < 4.78 is 38.1. The molecular weight excluding hydrogens is 412 g/mol. The zero-order valence-corrected chi connectivity index (χ0v) is 16.4. The van der Waals surface area contributed by atoms with Crippen molar-refractivity contribution in [3.63, 3.8) is 0 Å². The van der Waals surface area contributed by atoms with Crippen LogP contribution < -0.4 is 10.1 Å². The summed E-state index contributed by atoms with van der Waals surface area (Å²) in [5, 5.41) is 3.15. The van der Waals surface area contributed by atoms with Gasteiger partial charge in [0.05, 0.1) is 12.7 Å². The molecule has 0 aliphatic heterocycles. The van der Waals surface area contributed by atoms with Crippen molar-refractivity contribution in [2.45, 2.75) is 26.9 Å². The minimum absolute atomic E-state index is 0.0955. The molecular formula is C18H18BrF2NO2S. The summed E-state index contributed by atoms with van der Waals surface area (Å²) in [6.45, 7) is 3.75. The summed E-state index contributed by atoms with van der Waals surface area (Å²) in [7, 11) is 1.47. The Bertz CT molecular complexity index is 784. The molecule has 0 aliphatic carbocycles. The predicted octanol–water partition coefficient (Wildman–Crippen LogP) is 5.93. The molecule has 0 radical (unpaired) electrons. The van der Waals surface area contributed by atoms with E-state index >= 15 is 0 Å². The molecule has 0 fully saturated rings. The molecule has 134 valence electrons. The van der Waals surface area contributed by atoms with Gasteiger partial charge in [0, 0.05) is 15.7 Å². The van der Waals surface area contributed by atoms with Gasteiger partial charge >= 0.3 is 0 Å². The van der Waals surface area contributed by atoms with Crippen LogP contribution in [0.2, 0.25) is 0 Å². The van der Waals surface area contributed by atoms with Crippen molar-refractivity contribution in [2.24, 2.45) is 0 Å². The van der Waals surface area contributed by atoms with Crippen LogP contribution in [0.3, 0.4) is 0 Å². The second-order valence-corrected chi connectivity index (χ2v) is 6.67. The van der Waals surface area contributed by atoms with Gasteiger partial charge in [-0.1, -0.05) is 22.0 Å². The smallest absolute Gasteiger partial charge is 0.267 e. The van der Waals surface area contributed by atoms with E-state index in [2.05, 4.69) is 21.2 Å². The van der Waals surface area contributed by atoms with Crippen molar-refractivity contribution >= 4 is 39.0 Å². The Hall–Kier alpha value is -1.73. The van der Waals surface area contributed by atoms with Gasteiger partial charge in [0.1, 0.15) is 12.4 Å². The number of methoxy groups -OCH3 is 1. The standard InChI is InChI=1S/C18H18BrF2NO2S/c1-10-7-12(17(20)21)16(8-11(10)2)24-9-13-14(19)5-4-6-15(13)22-18(25)23-3/h4-8,17H,9H2,1-3H3,(H,22,25). The molecule has 2 rings (SSSR count). The van der Waals surface area contributed by atoms with Gasteiger partial charge in [-0.15, -0.1) is 0 Å². The van der Waals surface area contributed by atoms with Crippen LogP contribution in [0, 0.1) is 13.8 Å². The van der Waals surface area contributed by atoms with Gasteiger partial charge in [0.25, 0.3) is 11.6 Å². The highest BCUT2D eigenvalue weighted by Crippen LogP contribution is 2.33. The third-order valence-corrected chi connectivity index (χ3v) is 4.79. The topological polar surface area (TPSA) is 30.5 Å². The molecule has 0 aromatic heterocycles. The first-order valence-corrected chi connectivity index (χ1v) is 8.68. The van der Waals surface area contributed by atoms with Crippen LogP contribution >= 0.6 is 28.1 Å². The number of rotatable bonds is 5. The quantitative estimate of drug-likeness (QED) is 0.596. The van der Waals surface area contributed by atoms with Gasteiger partial charge in [-0.05, 0) is 61.5 Å². The first-order chi connectivity index (χ1) is 11.8. The van der Waals surface area contributed by atoms with Gasteiger partial charge in [-0.2, -0.15) is 0 Å². The van der Waals surface area contributed by atoms with Crippen molar-refractivity contribution in [3.8, 4) is 5.75 Å². The minimum Gasteiger partial charge on any atom is -0.488 e. The zero-order valence-electron chi connectivity index (χ0n) is 14.0. The Balaban J connectivity index is 2.30. The zero-order chi connectivity index (χ0) is 18.6. The average molecular weight is 430 g/mol. The van der Waals surface area contributed by atoms with Crippen LogP contribution in [0.15, 0.2) is 34.8 Å². The highest BCUT2D eigenvalue weighted by Gasteiger charge is 2.17. The summed E-state index contributed by atoms with van der Waals surface area (Å²) in [5.41, 5.74) is 3.02. The van der Waals surface area contributed by atoms with Crippen LogP contribution in [-0.2, 0) is 11.3 Å². The number of hydrogen-bond acceptors (Lipinski definition) is 3. The Morgan fingerprint density at radius 1 is 1.24 bits per heavy atom. The SMILES string of the molecule is COC(=S)Nc1cccc(Br)c1COc1cc(C)c(C)cc1C(F)F. The second kappa shape index (κ2) is 8.58. The molecule has 0 saturated carbocycles. The highest BCUT2D eigenvalue weighted by molar-refractivity contribution is 9.10. The number of aryl methyl sites for hydroxylation is 2. The number of hydrogen-bond donors (Lipinski definition) is 1. The molecule has 0 saturated heterocycles. The normalized spacial score (nSPS) is 10.7. The van der Waals surface area contributed by atoms with Gasteiger partial charge in [-0.3, -0.25) is 0 Å². The summed E-state index contributed by atoms with van der Waals surface area (Å²) in [6, 6.07) is 8.58. The predicted molar refractivity (Wildman–Crippen MR) is 103 cm³/mol. The van der Waals surface area contributed by atoms with Gasteiger partial charge in [0.15, 0.2) is 0 Å². The Kier molecular flexibility index (Phi) is 6.72. The lowest BCUT2D eigenvalue weighted by atomic mass is 10.1. The lowest BCUT2D eigenvalue weighted by molar-refractivity contribution is 0.144. The van der Waals surface area contributed by atoms with Crippen LogP contribution in [0.1, 0.15) is 28.7 Å². The molecule has 25 heavy (non-hydrogen) atoms. The third kappa shape index (κ3) is 4.89. The fourth-order valence-electron chi connectivity index (χ4n) is 2.24. The van der Waals surface area contributed by atoms with E-state index in [1.807, 2.05) is 25.1 Å². The van der Waals surface area contributed by atoms with E-state index in [9.17, 15) is 8.78 Å². The van der Waals surface area contributed by atoms with Crippen LogP contribution in [0.25, 0.3) is 0 Å². The number of halogens is 3. The summed E-state index contributed by atoms with van der Waals surface area (Å²) in [5.74, 6) is 0.175. The van der Waals surface area contributed by atoms with Gasteiger partial charge in [0.2, 0.25) is 0 Å². The molecule has 0 bridgehead atoms. The number of benzene rings is 2. The molecule has 0 amide bonds. The molecule has 0 spiro atoms. The molecule has 1 N–H and O–H groups in total. The first kappa shape index (κ1) is 19.6. The summed E-state index contributed by atoms with van der Waals surface area (Å²) >= 11 is 8.47. The maximum atomic E-state index is 13.3. The van der Waals surface area contributed by atoms with Gasteiger partial charge in [-0.25, -0.2) is 8.78 Å². The van der Waals surface area contributed by atoms with E-state index < -0.39 is 6.43 Å². The lowest BCUT2D eigenvalue weighted by Crippen LogP contribution is -2.13. The minimum atomic E-state index is -2.60. The molecule has 0 atom stereocenters. The van der Waals surface area contributed by atoms with Crippen LogP contribution in [-0.4, -0.2) is 12.3 Å². The van der Waals surface area contributed by atoms with E-state index in [4.69, 9.17) is 21.7 Å². The maximum Gasteiger partial charge on any atom is 0.267 e. The van der Waals surface area contributed by atoms with Crippen LogP contribution in [0.4, 0.5) is 14.5 Å². The first-order valence-electron chi connectivity index (χ1n) is 7.48. The number of anilines is 1. The second-order valence-electron chi connectivity index (χ2n) is 5.45. The monoisotopic (exact) mass is 429 g/mol. The Labute approximate surface area is 159 Å².